The van der Waals surface area contributed by atoms with Gasteiger partial charge < -0.3 is 10.6 Å². The van der Waals surface area contributed by atoms with Gasteiger partial charge in [0.05, 0.1) is 23.1 Å². The minimum atomic E-state index is 0.572. The standard InChI is InChI=1S/C14H17N3/c1-10-5-4-8-17(10)14-11-6-2-3-7-13(11)16-9-12(14)15/h2-3,6-7,9-10H,4-5,8,15H2,1H3. The van der Waals surface area contributed by atoms with Gasteiger partial charge in [-0.2, -0.15) is 0 Å². The summed E-state index contributed by atoms with van der Waals surface area (Å²) in [4.78, 5) is 6.80. The zero-order valence-corrected chi connectivity index (χ0v) is 10.1. The van der Waals surface area contributed by atoms with Gasteiger partial charge in [-0.15, -0.1) is 0 Å². The van der Waals surface area contributed by atoms with Gasteiger partial charge in [0.2, 0.25) is 0 Å². The van der Waals surface area contributed by atoms with Crippen molar-refractivity contribution in [3.63, 3.8) is 0 Å². The zero-order chi connectivity index (χ0) is 11.8. The molecule has 17 heavy (non-hydrogen) atoms. The average Bonchev–Trinajstić information content (AvgIpc) is 2.75. The van der Waals surface area contributed by atoms with Crippen LogP contribution in [0.25, 0.3) is 10.9 Å². The van der Waals surface area contributed by atoms with Crippen LogP contribution >= 0.6 is 0 Å². The summed E-state index contributed by atoms with van der Waals surface area (Å²) in [6.45, 7) is 3.36. The third-order valence-electron chi connectivity index (χ3n) is 3.62. The highest BCUT2D eigenvalue weighted by Crippen LogP contribution is 2.35. The fourth-order valence-corrected chi connectivity index (χ4v) is 2.73. The van der Waals surface area contributed by atoms with E-state index in [4.69, 9.17) is 5.73 Å². The first kappa shape index (κ1) is 10.4. The van der Waals surface area contributed by atoms with Gasteiger partial charge in [0.1, 0.15) is 0 Å². The molecule has 0 amide bonds. The normalized spacial score (nSPS) is 20.1. The number of fused-ring (bicyclic) bond motifs is 1. The van der Waals surface area contributed by atoms with Crippen molar-refractivity contribution in [2.24, 2.45) is 0 Å². The van der Waals surface area contributed by atoms with E-state index < -0.39 is 0 Å². The second-order valence-electron chi connectivity index (χ2n) is 4.76. The Morgan fingerprint density at radius 3 is 2.94 bits per heavy atom. The number of aromatic nitrogens is 1. The number of anilines is 2. The average molecular weight is 227 g/mol. The van der Waals surface area contributed by atoms with E-state index in [-0.39, 0.29) is 0 Å². The predicted octanol–water partition coefficient (Wildman–Crippen LogP) is 2.81. The van der Waals surface area contributed by atoms with Crippen LogP contribution < -0.4 is 10.6 Å². The lowest BCUT2D eigenvalue weighted by Gasteiger charge is -2.26. The van der Waals surface area contributed by atoms with E-state index in [0.29, 0.717) is 6.04 Å². The van der Waals surface area contributed by atoms with Crippen molar-refractivity contribution >= 4 is 22.3 Å². The molecule has 1 aliphatic rings. The Balaban J connectivity index is 2.23. The molecule has 88 valence electrons. The molecule has 3 heteroatoms. The predicted molar refractivity (Wildman–Crippen MR) is 72.2 cm³/mol. The molecule has 1 aromatic carbocycles. The number of rotatable bonds is 1. The van der Waals surface area contributed by atoms with Crippen molar-refractivity contribution < 1.29 is 0 Å². The van der Waals surface area contributed by atoms with Crippen molar-refractivity contribution in [3.8, 4) is 0 Å². The van der Waals surface area contributed by atoms with Crippen molar-refractivity contribution in [3.05, 3.63) is 30.5 Å². The van der Waals surface area contributed by atoms with E-state index in [2.05, 4.69) is 22.9 Å². The van der Waals surface area contributed by atoms with Gasteiger partial charge >= 0.3 is 0 Å². The lowest BCUT2D eigenvalue weighted by atomic mass is 10.1. The molecule has 2 N–H and O–H groups in total. The number of hydrogen-bond donors (Lipinski definition) is 1. The fraction of sp³-hybridized carbons (Fsp3) is 0.357. The van der Waals surface area contributed by atoms with Crippen LogP contribution in [0.1, 0.15) is 19.8 Å². The quantitative estimate of drug-likeness (QED) is 0.814. The van der Waals surface area contributed by atoms with Crippen molar-refractivity contribution in [1.82, 2.24) is 4.98 Å². The Labute approximate surface area is 101 Å². The van der Waals surface area contributed by atoms with Crippen LogP contribution in [-0.4, -0.2) is 17.6 Å². The molecule has 1 atom stereocenters. The molecule has 1 unspecified atom stereocenters. The number of nitrogens with zero attached hydrogens (tertiary/aromatic N) is 2. The summed E-state index contributed by atoms with van der Waals surface area (Å²) in [7, 11) is 0. The maximum Gasteiger partial charge on any atom is 0.0745 e. The summed E-state index contributed by atoms with van der Waals surface area (Å²) in [5, 5.41) is 1.17. The molecule has 0 radical (unpaired) electrons. The largest absolute Gasteiger partial charge is 0.396 e. The third-order valence-corrected chi connectivity index (χ3v) is 3.62. The highest BCUT2D eigenvalue weighted by Gasteiger charge is 2.23. The maximum atomic E-state index is 6.12. The van der Waals surface area contributed by atoms with Gasteiger partial charge in [0, 0.05) is 18.0 Å². The van der Waals surface area contributed by atoms with E-state index in [1.807, 2.05) is 18.2 Å². The molecule has 1 aromatic heterocycles. The first-order valence-corrected chi connectivity index (χ1v) is 6.17. The van der Waals surface area contributed by atoms with Gasteiger partial charge in [0.15, 0.2) is 0 Å². The third kappa shape index (κ3) is 1.62. The van der Waals surface area contributed by atoms with Crippen molar-refractivity contribution in [1.29, 1.82) is 0 Å². The van der Waals surface area contributed by atoms with E-state index >= 15 is 0 Å². The highest BCUT2D eigenvalue weighted by atomic mass is 15.2. The van der Waals surface area contributed by atoms with Gasteiger partial charge in [-0.25, -0.2) is 0 Å². The molecule has 3 rings (SSSR count). The van der Waals surface area contributed by atoms with E-state index in [1.165, 1.54) is 23.9 Å². The van der Waals surface area contributed by atoms with Crippen molar-refractivity contribution in [2.75, 3.05) is 17.2 Å². The van der Waals surface area contributed by atoms with Crippen LogP contribution in [0, 0.1) is 0 Å². The minimum absolute atomic E-state index is 0.572. The summed E-state index contributed by atoms with van der Waals surface area (Å²) in [6.07, 6.45) is 4.27. The lowest BCUT2D eigenvalue weighted by molar-refractivity contribution is 0.737. The molecule has 3 nitrogen and oxygen atoms in total. The Kier molecular flexibility index (Phi) is 2.39. The number of benzene rings is 1. The molecule has 1 fully saturated rings. The first-order valence-electron chi connectivity index (χ1n) is 6.17. The molecular weight excluding hydrogens is 210 g/mol. The van der Waals surface area contributed by atoms with E-state index in [1.54, 1.807) is 6.20 Å². The summed E-state index contributed by atoms with van der Waals surface area (Å²) in [5.74, 6) is 0. The van der Waals surface area contributed by atoms with Crippen LogP contribution in [0.5, 0.6) is 0 Å². The van der Waals surface area contributed by atoms with Crippen LogP contribution in [0.15, 0.2) is 30.5 Å². The molecule has 2 heterocycles. The van der Waals surface area contributed by atoms with Crippen LogP contribution in [0.4, 0.5) is 11.4 Å². The zero-order valence-electron chi connectivity index (χ0n) is 10.1. The topological polar surface area (TPSA) is 42.1 Å². The smallest absolute Gasteiger partial charge is 0.0745 e. The Morgan fingerprint density at radius 1 is 1.35 bits per heavy atom. The van der Waals surface area contributed by atoms with Crippen molar-refractivity contribution in [2.45, 2.75) is 25.8 Å². The lowest BCUT2D eigenvalue weighted by Crippen LogP contribution is -2.27. The summed E-state index contributed by atoms with van der Waals surface area (Å²) in [5.41, 5.74) is 9.10. The SMILES string of the molecule is CC1CCCN1c1c(N)cnc2ccccc12. The number of hydrogen-bond acceptors (Lipinski definition) is 3. The second kappa shape index (κ2) is 3.91. The molecule has 0 aliphatic carbocycles. The summed E-state index contributed by atoms with van der Waals surface area (Å²) in [6, 6.07) is 8.79. The van der Waals surface area contributed by atoms with E-state index in [9.17, 15) is 0 Å². The molecule has 2 aromatic rings. The van der Waals surface area contributed by atoms with Gasteiger partial charge in [0.25, 0.3) is 0 Å². The first-order chi connectivity index (χ1) is 8.27. The number of pyridine rings is 1. The Morgan fingerprint density at radius 2 is 2.18 bits per heavy atom. The van der Waals surface area contributed by atoms with Crippen LogP contribution in [0.2, 0.25) is 0 Å². The molecule has 0 bridgehead atoms. The van der Waals surface area contributed by atoms with Gasteiger partial charge in [-0.05, 0) is 25.8 Å². The Bertz CT molecular complexity index is 550. The van der Waals surface area contributed by atoms with Gasteiger partial charge in [-0.3, -0.25) is 4.98 Å². The minimum Gasteiger partial charge on any atom is -0.396 e. The Hall–Kier alpha value is -1.77. The number of nitrogens with two attached hydrogens (primary N) is 1. The molecule has 1 aliphatic heterocycles. The monoisotopic (exact) mass is 227 g/mol. The number of nitrogen functional groups attached to an aromatic ring is 1. The number of para-hydroxylation sites is 1. The fourth-order valence-electron chi connectivity index (χ4n) is 2.73. The summed E-state index contributed by atoms with van der Waals surface area (Å²) >= 11 is 0. The van der Waals surface area contributed by atoms with Crippen LogP contribution in [-0.2, 0) is 0 Å². The van der Waals surface area contributed by atoms with Crippen LogP contribution in [0.3, 0.4) is 0 Å². The molecule has 1 saturated heterocycles. The second-order valence-corrected chi connectivity index (χ2v) is 4.76. The maximum absolute atomic E-state index is 6.12. The molecule has 0 spiro atoms. The highest BCUT2D eigenvalue weighted by molar-refractivity contribution is 5.97. The molecular formula is C14H17N3. The molecule has 0 saturated carbocycles. The van der Waals surface area contributed by atoms with Gasteiger partial charge in [-0.1, -0.05) is 18.2 Å². The van der Waals surface area contributed by atoms with E-state index in [0.717, 1.165) is 17.7 Å². The summed E-state index contributed by atoms with van der Waals surface area (Å²) < 4.78 is 0.